The summed E-state index contributed by atoms with van der Waals surface area (Å²) in [6.07, 6.45) is 5.14. The highest BCUT2D eigenvalue weighted by molar-refractivity contribution is 9.10. The second kappa shape index (κ2) is 6.99. The Hall–Kier alpha value is -1.21. The minimum absolute atomic E-state index is 0.0585. The fraction of sp³-hybridized carbons (Fsp3) is 0.615. The van der Waals surface area contributed by atoms with E-state index in [0.29, 0.717) is 19.0 Å². The smallest absolute Gasteiger partial charge is 0.239 e. The zero-order valence-corrected chi connectivity index (χ0v) is 13.2. The SMILES string of the molecule is CCC[C@@H](N)C(=O)N1CCN(c2ncc(Br)cn2)CC1. The van der Waals surface area contributed by atoms with E-state index in [1.807, 2.05) is 11.8 Å². The molecule has 1 fully saturated rings. The zero-order chi connectivity index (χ0) is 14.5. The molecule has 20 heavy (non-hydrogen) atoms. The van der Waals surface area contributed by atoms with Crippen molar-refractivity contribution in [3.05, 3.63) is 16.9 Å². The lowest BCUT2D eigenvalue weighted by Gasteiger charge is -2.35. The van der Waals surface area contributed by atoms with E-state index < -0.39 is 0 Å². The Morgan fingerprint density at radius 1 is 1.35 bits per heavy atom. The molecule has 1 aliphatic heterocycles. The number of hydrogen-bond acceptors (Lipinski definition) is 5. The molecule has 7 heteroatoms. The molecule has 2 rings (SSSR count). The maximum Gasteiger partial charge on any atom is 0.239 e. The second-order valence-electron chi connectivity index (χ2n) is 4.91. The molecule has 1 amide bonds. The standard InChI is InChI=1S/C13H20BrN5O/c1-2-3-11(15)12(20)18-4-6-19(7-5-18)13-16-8-10(14)9-17-13/h8-9,11H,2-7,15H2,1H3/t11-/m1/s1. The molecule has 0 radical (unpaired) electrons. The van der Waals surface area contributed by atoms with Gasteiger partial charge in [0.25, 0.3) is 0 Å². The number of aromatic nitrogens is 2. The number of amides is 1. The number of halogens is 1. The van der Waals surface area contributed by atoms with Crippen LogP contribution in [0.1, 0.15) is 19.8 Å². The molecular weight excluding hydrogens is 322 g/mol. The molecule has 1 aliphatic rings. The largest absolute Gasteiger partial charge is 0.338 e. The summed E-state index contributed by atoms with van der Waals surface area (Å²) in [5.41, 5.74) is 5.89. The van der Waals surface area contributed by atoms with Gasteiger partial charge >= 0.3 is 0 Å². The van der Waals surface area contributed by atoms with Crippen molar-refractivity contribution in [2.75, 3.05) is 31.1 Å². The third-order valence-electron chi connectivity index (χ3n) is 3.40. The first-order valence-corrected chi connectivity index (χ1v) is 7.68. The molecule has 0 aliphatic carbocycles. The number of hydrogen-bond donors (Lipinski definition) is 1. The first-order valence-electron chi connectivity index (χ1n) is 6.88. The first-order chi connectivity index (χ1) is 9.61. The van der Waals surface area contributed by atoms with Crippen LogP contribution >= 0.6 is 15.9 Å². The fourth-order valence-corrected chi connectivity index (χ4v) is 2.47. The number of rotatable bonds is 4. The summed E-state index contributed by atoms with van der Waals surface area (Å²) in [5, 5.41) is 0. The average Bonchev–Trinajstić information content (AvgIpc) is 2.48. The quantitative estimate of drug-likeness (QED) is 0.884. The number of piperazine rings is 1. The molecule has 1 saturated heterocycles. The van der Waals surface area contributed by atoms with Gasteiger partial charge < -0.3 is 15.5 Å². The summed E-state index contributed by atoms with van der Waals surface area (Å²) >= 11 is 3.32. The molecule has 0 spiro atoms. The van der Waals surface area contributed by atoms with Gasteiger partial charge in [-0.05, 0) is 22.4 Å². The minimum Gasteiger partial charge on any atom is -0.338 e. The first kappa shape index (κ1) is 15.2. The van der Waals surface area contributed by atoms with E-state index in [0.717, 1.165) is 30.4 Å². The zero-order valence-electron chi connectivity index (χ0n) is 11.6. The van der Waals surface area contributed by atoms with Crippen LogP contribution in [0.5, 0.6) is 0 Å². The summed E-state index contributed by atoms with van der Waals surface area (Å²) in [7, 11) is 0. The van der Waals surface area contributed by atoms with Crippen LogP contribution in [0.3, 0.4) is 0 Å². The summed E-state index contributed by atoms with van der Waals surface area (Å²) in [6.45, 7) is 4.87. The molecule has 2 heterocycles. The molecule has 2 N–H and O–H groups in total. The predicted octanol–water partition coefficient (Wildman–Crippen LogP) is 1.02. The highest BCUT2D eigenvalue weighted by Crippen LogP contribution is 2.14. The van der Waals surface area contributed by atoms with Gasteiger partial charge in [0.2, 0.25) is 11.9 Å². The highest BCUT2D eigenvalue weighted by Gasteiger charge is 2.25. The molecule has 0 saturated carbocycles. The van der Waals surface area contributed by atoms with Gasteiger partial charge in [0.05, 0.1) is 10.5 Å². The van der Waals surface area contributed by atoms with Crippen LogP contribution in [0.25, 0.3) is 0 Å². The predicted molar refractivity (Wildman–Crippen MR) is 81.4 cm³/mol. The molecule has 1 aromatic rings. The maximum absolute atomic E-state index is 12.1. The fourth-order valence-electron chi connectivity index (χ4n) is 2.26. The lowest BCUT2D eigenvalue weighted by atomic mass is 10.1. The van der Waals surface area contributed by atoms with Gasteiger partial charge in [0.15, 0.2) is 0 Å². The summed E-state index contributed by atoms with van der Waals surface area (Å²) in [5.74, 6) is 0.765. The molecule has 1 aromatic heterocycles. The normalized spacial score (nSPS) is 17.1. The molecule has 110 valence electrons. The van der Waals surface area contributed by atoms with Gasteiger partial charge in [-0.15, -0.1) is 0 Å². The Bertz CT molecular complexity index is 445. The topological polar surface area (TPSA) is 75.4 Å². The van der Waals surface area contributed by atoms with Crippen LogP contribution in [0.15, 0.2) is 16.9 Å². The molecule has 0 bridgehead atoms. The number of nitrogens with two attached hydrogens (primary N) is 1. The third kappa shape index (κ3) is 3.67. The number of carbonyl (C=O) groups excluding carboxylic acids is 1. The van der Waals surface area contributed by atoms with Crippen molar-refractivity contribution in [2.45, 2.75) is 25.8 Å². The Morgan fingerprint density at radius 3 is 2.50 bits per heavy atom. The van der Waals surface area contributed by atoms with Crippen molar-refractivity contribution in [3.8, 4) is 0 Å². The van der Waals surface area contributed by atoms with Crippen molar-refractivity contribution < 1.29 is 4.79 Å². The Morgan fingerprint density at radius 2 is 1.95 bits per heavy atom. The van der Waals surface area contributed by atoms with Crippen LogP contribution < -0.4 is 10.6 Å². The Kier molecular flexibility index (Phi) is 5.31. The van der Waals surface area contributed by atoms with Crippen LogP contribution in [-0.2, 0) is 4.79 Å². The van der Waals surface area contributed by atoms with E-state index in [1.54, 1.807) is 12.4 Å². The molecule has 1 atom stereocenters. The van der Waals surface area contributed by atoms with Gasteiger partial charge in [0, 0.05) is 38.6 Å². The van der Waals surface area contributed by atoms with Crippen LogP contribution in [0.4, 0.5) is 5.95 Å². The van der Waals surface area contributed by atoms with Gasteiger partial charge in [-0.25, -0.2) is 9.97 Å². The molecule has 6 nitrogen and oxygen atoms in total. The van der Waals surface area contributed by atoms with Crippen molar-refractivity contribution in [3.63, 3.8) is 0 Å². The average molecular weight is 342 g/mol. The number of anilines is 1. The van der Waals surface area contributed by atoms with E-state index in [4.69, 9.17) is 5.73 Å². The van der Waals surface area contributed by atoms with E-state index >= 15 is 0 Å². The summed E-state index contributed by atoms with van der Waals surface area (Å²) in [4.78, 5) is 24.6. The Balaban J connectivity index is 1.89. The lowest BCUT2D eigenvalue weighted by Crippen LogP contribution is -2.53. The minimum atomic E-state index is -0.365. The van der Waals surface area contributed by atoms with Crippen LogP contribution in [0.2, 0.25) is 0 Å². The molecule has 0 aromatic carbocycles. The lowest BCUT2D eigenvalue weighted by molar-refractivity contribution is -0.133. The van der Waals surface area contributed by atoms with Crippen molar-refractivity contribution in [1.29, 1.82) is 0 Å². The summed E-state index contributed by atoms with van der Waals surface area (Å²) < 4.78 is 0.862. The van der Waals surface area contributed by atoms with E-state index in [9.17, 15) is 4.79 Å². The van der Waals surface area contributed by atoms with Gasteiger partial charge in [-0.2, -0.15) is 0 Å². The third-order valence-corrected chi connectivity index (χ3v) is 3.81. The van der Waals surface area contributed by atoms with Crippen molar-refractivity contribution in [2.24, 2.45) is 5.73 Å². The second-order valence-corrected chi connectivity index (χ2v) is 5.82. The van der Waals surface area contributed by atoms with Crippen LogP contribution in [0, 0.1) is 0 Å². The van der Waals surface area contributed by atoms with E-state index in [-0.39, 0.29) is 11.9 Å². The highest BCUT2D eigenvalue weighted by atomic mass is 79.9. The van der Waals surface area contributed by atoms with Crippen LogP contribution in [-0.4, -0.2) is 53.0 Å². The Labute approximate surface area is 127 Å². The van der Waals surface area contributed by atoms with Gasteiger partial charge in [-0.1, -0.05) is 13.3 Å². The maximum atomic E-state index is 12.1. The molecular formula is C13H20BrN5O. The number of carbonyl (C=O) groups is 1. The summed E-state index contributed by atoms with van der Waals surface area (Å²) in [6, 6.07) is -0.365. The van der Waals surface area contributed by atoms with E-state index in [1.165, 1.54) is 0 Å². The van der Waals surface area contributed by atoms with Crippen molar-refractivity contribution >= 4 is 27.8 Å². The van der Waals surface area contributed by atoms with Crippen molar-refractivity contribution in [1.82, 2.24) is 14.9 Å². The number of nitrogens with zero attached hydrogens (tertiary/aromatic N) is 4. The van der Waals surface area contributed by atoms with Gasteiger partial charge in [0.1, 0.15) is 0 Å². The van der Waals surface area contributed by atoms with E-state index in [2.05, 4.69) is 30.8 Å². The monoisotopic (exact) mass is 341 g/mol. The molecule has 0 unspecified atom stereocenters. The van der Waals surface area contributed by atoms with Gasteiger partial charge in [-0.3, -0.25) is 4.79 Å².